The number of hydrogen-bond donors (Lipinski definition) is 2. The first-order chi connectivity index (χ1) is 13.3. The van der Waals surface area contributed by atoms with E-state index in [9.17, 15) is 9.59 Å². The van der Waals surface area contributed by atoms with E-state index in [1.165, 1.54) is 16.9 Å². The van der Waals surface area contributed by atoms with E-state index >= 15 is 0 Å². The Balaban J connectivity index is 2.27. The zero-order valence-electron chi connectivity index (χ0n) is 17.7. The van der Waals surface area contributed by atoms with Crippen molar-refractivity contribution in [3.63, 3.8) is 0 Å². The molecule has 0 aliphatic rings. The van der Waals surface area contributed by atoms with Crippen LogP contribution in [0.1, 0.15) is 43.2 Å². The molecule has 7 heteroatoms. The van der Waals surface area contributed by atoms with Gasteiger partial charge in [-0.15, -0.1) is 11.3 Å². The first-order valence-electron chi connectivity index (χ1n) is 9.70. The van der Waals surface area contributed by atoms with Gasteiger partial charge in [-0.2, -0.15) is 0 Å². The molecule has 1 atom stereocenters. The van der Waals surface area contributed by atoms with Crippen molar-refractivity contribution in [2.75, 3.05) is 24.5 Å². The van der Waals surface area contributed by atoms with Gasteiger partial charge in [-0.3, -0.25) is 14.5 Å². The predicted octanol–water partition coefficient (Wildman–Crippen LogP) is 2.29. The van der Waals surface area contributed by atoms with Crippen molar-refractivity contribution < 1.29 is 14.5 Å². The number of amides is 2. The minimum absolute atomic E-state index is 0.0473. The zero-order chi connectivity index (χ0) is 20.8. The lowest BCUT2D eigenvalue weighted by Crippen LogP contribution is -3.11. The minimum atomic E-state index is -0.0574. The highest BCUT2D eigenvalue weighted by atomic mass is 32.1. The molecule has 28 heavy (non-hydrogen) atoms. The highest BCUT2D eigenvalue weighted by Crippen LogP contribution is 2.34. The van der Waals surface area contributed by atoms with Crippen LogP contribution in [0.3, 0.4) is 0 Å². The van der Waals surface area contributed by atoms with Gasteiger partial charge in [0.25, 0.3) is 5.91 Å². The highest BCUT2D eigenvalue weighted by molar-refractivity contribution is 7.14. The molecule has 2 N–H and O–H groups in total. The largest absolute Gasteiger partial charge is 0.351 e. The van der Waals surface area contributed by atoms with E-state index in [-0.39, 0.29) is 11.8 Å². The van der Waals surface area contributed by atoms with E-state index in [0.717, 1.165) is 34.0 Å². The van der Waals surface area contributed by atoms with E-state index in [2.05, 4.69) is 31.3 Å². The van der Waals surface area contributed by atoms with Crippen molar-refractivity contribution in [3.8, 4) is 0 Å². The number of aromatic nitrogens is 1. The first kappa shape index (κ1) is 22.0. The average molecular weight is 404 g/mol. The van der Waals surface area contributed by atoms with Gasteiger partial charge < -0.3 is 10.2 Å². The quantitative estimate of drug-likeness (QED) is 0.711. The molecular formula is C21H31N4O2S+. The molecular weight excluding hydrogens is 372 g/mol. The molecule has 0 bridgehead atoms. The Bertz CT molecular complexity index is 824. The number of hydrogen-bond acceptors (Lipinski definition) is 4. The first-order valence-corrected chi connectivity index (χ1v) is 10.6. The molecule has 1 aromatic carbocycles. The number of carbonyl (C=O) groups excluding carboxylic acids is 2. The molecule has 0 aliphatic carbocycles. The Morgan fingerprint density at radius 1 is 1.18 bits per heavy atom. The molecule has 2 amide bonds. The van der Waals surface area contributed by atoms with Crippen molar-refractivity contribution in [1.29, 1.82) is 0 Å². The topological polar surface area (TPSA) is 66.7 Å². The van der Waals surface area contributed by atoms with Crippen molar-refractivity contribution in [2.24, 2.45) is 0 Å². The second-order valence-electron chi connectivity index (χ2n) is 7.13. The molecule has 0 fully saturated rings. The summed E-state index contributed by atoms with van der Waals surface area (Å²) in [6.07, 6.45) is 0. The van der Waals surface area contributed by atoms with E-state index in [0.29, 0.717) is 24.8 Å². The Morgan fingerprint density at radius 2 is 1.82 bits per heavy atom. The maximum atomic E-state index is 12.5. The van der Waals surface area contributed by atoms with Gasteiger partial charge in [0, 0.05) is 18.8 Å². The normalized spacial score (nSPS) is 11.9. The Morgan fingerprint density at radius 3 is 2.36 bits per heavy atom. The van der Waals surface area contributed by atoms with E-state index in [4.69, 9.17) is 4.98 Å². The summed E-state index contributed by atoms with van der Waals surface area (Å²) >= 11 is 1.46. The van der Waals surface area contributed by atoms with Crippen molar-refractivity contribution in [2.45, 2.75) is 48.1 Å². The maximum Gasteiger partial charge on any atom is 0.275 e. The van der Waals surface area contributed by atoms with Crippen molar-refractivity contribution in [1.82, 2.24) is 10.3 Å². The summed E-state index contributed by atoms with van der Waals surface area (Å²) in [7, 11) is 0. The van der Waals surface area contributed by atoms with Gasteiger partial charge in [-0.05, 0) is 45.7 Å². The average Bonchev–Trinajstić information content (AvgIpc) is 3.05. The Kier molecular flexibility index (Phi) is 7.71. The number of anilines is 2. The van der Waals surface area contributed by atoms with Crippen LogP contribution in [0.4, 0.5) is 10.8 Å². The molecule has 0 spiro atoms. The van der Waals surface area contributed by atoms with Gasteiger partial charge in [-0.25, -0.2) is 4.98 Å². The number of nitrogens with zero attached hydrogens (tertiary/aromatic N) is 2. The summed E-state index contributed by atoms with van der Waals surface area (Å²) in [5.41, 5.74) is 5.09. The van der Waals surface area contributed by atoms with Crippen LogP contribution in [0.2, 0.25) is 0 Å². The van der Waals surface area contributed by atoms with Gasteiger partial charge >= 0.3 is 0 Å². The van der Waals surface area contributed by atoms with Crippen LogP contribution in [-0.4, -0.2) is 36.4 Å². The smallest absolute Gasteiger partial charge is 0.275 e. The lowest BCUT2D eigenvalue weighted by molar-refractivity contribution is -0.904. The summed E-state index contributed by atoms with van der Waals surface area (Å²) in [6, 6.07) is 4.17. The van der Waals surface area contributed by atoms with Gasteiger partial charge in [0.15, 0.2) is 11.7 Å². The SMILES string of the molecule is CCNC(=O)C[NH+](CC)Cc1csc(N(C(C)=O)c2c(C)cc(C)cc2C)n1. The number of quaternary nitrogens is 1. The fraction of sp³-hybridized carbons (Fsp3) is 0.476. The summed E-state index contributed by atoms with van der Waals surface area (Å²) in [5, 5.41) is 5.50. The van der Waals surface area contributed by atoms with E-state index < -0.39 is 0 Å². The summed E-state index contributed by atoms with van der Waals surface area (Å²) < 4.78 is 0. The summed E-state index contributed by atoms with van der Waals surface area (Å²) in [5.74, 6) is -0.0101. The molecule has 0 aliphatic heterocycles. The number of benzene rings is 1. The maximum absolute atomic E-state index is 12.5. The van der Waals surface area contributed by atoms with Gasteiger partial charge in [0.2, 0.25) is 5.91 Å². The lowest BCUT2D eigenvalue weighted by Gasteiger charge is -2.23. The van der Waals surface area contributed by atoms with Gasteiger partial charge in [0.1, 0.15) is 12.2 Å². The van der Waals surface area contributed by atoms with Crippen LogP contribution in [-0.2, 0) is 16.1 Å². The number of likely N-dealkylation sites (N-methyl/N-ethyl adjacent to an activating group) is 2. The third kappa shape index (κ3) is 5.39. The van der Waals surface area contributed by atoms with Crippen LogP contribution < -0.4 is 15.1 Å². The number of thiazole rings is 1. The number of aryl methyl sites for hydroxylation is 3. The van der Waals surface area contributed by atoms with Gasteiger partial charge in [0.05, 0.1) is 12.2 Å². The van der Waals surface area contributed by atoms with Crippen LogP contribution in [0.25, 0.3) is 0 Å². The Hall–Kier alpha value is -2.25. The highest BCUT2D eigenvalue weighted by Gasteiger charge is 2.23. The minimum Gasteiger partial charge on any atom is -0.351 e. The lowest BCUT2D eigenvalue weighted by atomic mass is 10.0. The molecule has 2 rings (SSSR count). The van der Waals surface area contributed by atoms with Gasteiger partial charge in [-0.1, -0.05) is 17.7 Å². The molecule has 0 radical (unpaired) electrons. The molecule has 152 valence electrons. The second kappa shape index (κ2) is 9.80. The molecule has 0 saturated carbocycles. The van der Waals surface area contributed by atoms with Crippen molar-refractivity contribution >= 4 is 34.0 Å². The molecule has 2 aromatic rings. The zero-order valence-corrected chi connectivity index (χ0v) is 18.5. The molecule has 0 saturated heterocycles. The Labute approximate surface area is 171 Å². The van der Waals surface area contributed by atoms with E-state index in [1.807, 2.05) is 26.2 Å². The van der Waals surface area contributed by atoms with Crippen LogP contribution >= 0.6 is 11.3 Å². The van der Waals surface area contributed by atoms with Crippen LogP contribution in [0.15, 0.2) is 17.5 Å². The summed E-state index contributed by atoms with van der Waals surface area (Å²) in [6.45, 7) is 14.2. The fourth-order valence-electron chi connectivity index (χ4n) is 3.45. The predicted molar refractivity (Wildman–Crippen MR) is 114 cm³/mol. The fourth-order valence-corrected chi connectivity index (χ4v) is 4.32. The standard InChI is InChI=1S/C21H30N4O2S/c1-7-22-19(27)12-24(8-2)11-18-13-28-21(23-18)25(17(6)26)20-15(4)9-14(3)10-16(20)5/h9-10,13H,7-8,11-12H2,1-6H3,(H,22,27)/p+1. The van der Waals surface area contributed by atoms with Crippen LogP contribution in [0.5, 0.6) is 0 Å². The molecule has 1 unspecified atom stereocenters. The van der Waals surface area contributed by atoms with Crippen LogP contribution in [0, 0.1) is 20.8 Å². The number of rotatable bonds is 8. The third-order valence-electron chi connectivity index (χ3n) is 4.62. The molecule has 6 nitrogen and oxygen atoms in total. The monoisotopic (exact) mass is 403 g/mol. The third-order valence-corrected chi connectivity index (χ3v) is 5.50. The van der Waals surface area contributed by atoms with Crippen molar-refractivity contribution in [3.05, 3.63) is 39.9 Å². The number of carbonyl (C=O) groups is 2. The molecule has 1 heterocycles. The van der Waals surface area contributed by atoms with E-state index in [1.54, 1.807) is 11.8 Å². The second-order valence-corrected chi connectivity index (χ2v) is 7.97. The molecule has 1 aromatic heterocycles. The number of nitrogens with one attached hydrogen (secondary N) is 2. The summed E-state index contributed by atoms with van der Waals surface area (Å²) in [4.78, 5) is 31.9.